The lowest BCUT2D eigenvalue weighted by Crippen LogP contribution is -2.23. The number of likely N-dealkylation sites (tertiary alicyclic amines) is 1. The van der Waals surface area contributed by atoms with Crippen LogP contribution in [0.2, 0.25) is 0 Å². The van der Waals surface area contributed by atoms with Crippen LogP contribution < -0.4 is 11.1 Å². The second kappa shape index (κ2) is 7.59. The molecule has 1 saturated heterocycles. The molecule has 0 bridgehead atoms. The summed E-state index contributed by atoms with van der Waals surface area (Å²) in [7, 11) is 0. The minimum absolute atomic E-state index is 0.0440. The van der Waals surface area contributed by atoms with Crippen molar-refractivity contribution in [3.05, 3.63) is 35.9 Å². The molecular weight excluding hydrogens is 302 g/mol. The number of nitrogens with zero attached hydrogens (tertiary/aromatic N) is 3. The first-order chi connectivity index (χ1) is 11.7. The Morgan fingerprint density at radius 2 is 1.92 bits per heavy atom. The summed E-state index contributed by atoms with van der Waals surface area (Å²) in [4.78, 5) is 11.0. The fraction of sp³-hybridized carbons (Fsp3) is 0.444. The van der Waals surface area contributed by atoms with Crippen LogP contribution in [0.1, 0.15) is 31.4 Å². The van der Waals surface area contributed by atoms with E-state index in [0.717, 1.165) is 11.3 Å². The maximum absolute atomic E-state index is 8.91. The van der Waals surface area contributed by atoms with Gasteiger partial charge in [0.2, 0.25) is 5.95 Å². The molecule has 4 N–H and O–H groups in total. The largest absolute Gasteiger partial charge is 0.395 e. The highest BCUT2D eigenvalue weighted by molar-refractivity contribution is 5.64. The molecule has 1 fully saturated rings. The molecule has 0 amide bonds. The van der Waals surface area contributed by atoms with E-state index in [2.05, 4.69) is 51.4 Å². The average molecular weight is 327 g/mol. The molecule has 1 atom stereocenters. The molecule has 0 unspecified atom stereocenters. The number of rotatable bonds is 6. The quantitative estimate of drug-likeness (QED) is 0.754. The zero-order chi connectivity index (χ0) is 16.9. The van der Waals surface area contributed by atoms with Gasteiger partial charge in [-0.3, -0.25) is 4.90 Å². The smallest absolute Gasteiger partial charge is 0.222 e. The van der Waals surface area contributed by atoms with E-state index in [4.69, 9.17) is 10.8 Å². The third kappa shape index (κ3) is 3.83. The molecule has 1 aromatic carbocycles. The summed E-state index contributed by atoms with van der Waals surface area (Å²) in [6.07, 6.45) is 2.60. The fourth-order valence-corrected chi connectivity index (χ4v) is 3.16. The van der Waals surface area contributed by atoms with E-state index in [1.54, 1.807) is 0 Å². The molecule has 0 aliphatic carbocycles. The number of nitrogens with two attached hydrogens (primary N) is 1. The Bertz CT molecular complexity index is 668. The Morgan fingerprint density at radius 3 is 2.58 bits per heavy atom. The van der Waals surface area contributed by atoms with Crippen molar-refractivity contribution in [2.75, 3.05) is 37.3 Å². The van der Waals surface area contributed by atoms with Crippen molar-refractivity contribution < 1.29 is 5.11 Å². The fourth-order valence-electron chi connectivity index (χ4n) is 3.16. The van der Waals surface area contributed by atoms with Crippen molar-refractivity contribution in [2.45, 2.75) is 25.8 Å². The lowest BCUT2D eigenvalue weighted by molar-refractivity contribution is 0.263. The number of anilines is 2. The van der Waals surface area contributed by atoms with Crippen LogP contribution in [0, 0.1) is 0 Å². The molecule has 24 heavy (non-hydrogen) atoms. The normalized spacial score (nSPS) is 16.2. The minimum Gasteiger partial charge on any atom is -0.395 e. The third-order valence-electron chi connectivity index (χ3n) is 4.54. The first-order valence-corrected chi connectivity index (χ1v) is 8.51. The summed E-state index contributed by atoms with van der Waals surface area (Å²) in [5, 5.41) is 11.9. The van der Waals surface area contributed by atoms with Crippen molar-refractivity contribution in [3.63, 3.8) is 0 Å². The van der Waals surface area contributed by atoms with E-state index < -0.39 is 0 Å². The third-order valence-corrected chi connectivity index (χ3v) is 4.54. The monoisotopic (exact) mass is 327 g/mol. The Hall–Kier alpha value is -2.18. The van der Waals surface area contributed by atoms with Crippen LogP contribution in [-0.2, 0) is 0 Å². The summed E-state index contributed by atoms with van der Waals surface area (Å²) in [5.41, 5.74) is 8.91. The first kappa shape index (κ1) is 16.7. The van der Waals surface area contributed by atoms with E-state index >= 15 is 0 Å². The maximum Gasteiger partial charge on any atom is 0.222 e. The molecule has 0 spiro atoms. The number of hydrogen-bond acceptors (Lipinski definition) is 6. The van der Waals surface area contributed by atoms with Crippen LogP contribution in [0.3, 0.4) is 0 Å². The van der Waals surface area contributed by atoms with E-state index in [1.807, 2.05) is 6.07 Å². The van der Waals surface area contributed by atoms with Gasteiger partial charge in [-0.05, 0) is 38.4 Å². The number of nitrogen functional groups attached to an aromatic ring is 1. The second-order valence-corrected chi connectivity index (χ2v) is 6.19. The van der Waals surface area contributed by atoms with Crippen LogP contribution in [0.4, 0.5) is 11.8 Å². The molecule has 6 heteroatoms. The number of nitrogens with one attached hydrogen (secondary N) is 1. The Morgan fingerprint density at radius 1 is 1.21 bits per heavy atom. The van der Waals surface area contributed by atoms with Gasteiger partial charge in [0.25, 0.3) is 0 Å². The average Bonchev–Trinajstić information content (AvgIpc) is 3.13. The minimum atomic E-state index is 0.0440. The van der Waals surface area contributed by atoms with Crippen molar-refractivity contribution >= 4 is 11.8 Å². The predicted octanol–water partition coefficient (Wildman–Crippen LogP) is 2.29. The molecular formula is C18H25N5O. The molecule has 2 aromatic rings. The zero-order valence-corrected chi connectivity index (χ0v) is 14.1. The van der Waals surface area contributed by atoms with Gasteiger partial charge in [0.15, 0.2) is 0 Å². The Kier molecular flexibility index (Phi) is 5.27. The molecule has 0 saturated carbocycles. The first-order valence-electron chi connectivity index (χ1n) is 8.51. The van der Waals surface area contributed by atoms with E-state index in [1.165, 1.54) is 31.5 Å². The van der Waals surface area contributed by atoms with Gasteiger partial charge in [-0.15, -0.1) is 0 Å². The molecule has 6 nitrogen and oxygen atoms in total. The van der Waals surface area contributed by atoms with Crippen LogP contribution in [0.15, 0.2) is 30.3 Å². The lowest BCUT2D eigenvalue weighted by Gasteiger charge is -2.24. The predicted molar refractivity (Wildman–Crippen MR) is 96.7 cm³/mol. The van der Waals surface area contributed by atoms with Gasteiger partial charge in [0.05, 0.1) is 12.3 Å². The topological polar surface area (TPSA) is 87.3 Å². The van der Waals surface area contributed by atoms with Crippen molar-refractivity contribution in [3.8, 4) is 11.3 Å². The van der Waals surface area contributed by atoms with Gasteiger partial charge in [-0.2, -0.15) is 4.98 Å². The standard InChI is InChI=1S/C18H25N5O/c1-13(23-9-2-3-10-23)14-4-6-15(7-5-14)16-12-17(20-8-11-24)22-18(19)21-16/h4-7,12-13,24H,2-3,8-11H2,1H3,(H3,19,20,21,22)/t13-/m1/s1. The highest BCUT2D eigenvalue weighted by atomic mass is 16.3. The Balaban J connectivity index is 1.78. The number of aromatic nitrogens is 2. The highest BCUT2D eigenvalue weighted by Gasteiger charge is 2.19. The summed E-state index contributed by atoms with van der Waals surface area (Å²) in [6, 6.07) is 10.8. The molecule has 1 aliphatic heterocycles. The van der Waals surface area contributed by atoms with Gasteiger partial charge >= 0.3 is 0 Å². The van der Waals surface area contributed by atoms with Gasteiger partial charge in [0, 0.05) is 24.2 Å². The molecule has 3 rings (SSSR count). The lowest BCUT2D eigenvalue weighted by atomic mass is 10.0. The highest BCUT2D eigenvalue weighted by Crippen LogP contribution is 2.27. The van der Waals surface area contributed by atoms with Crippen LogP contribution in [-0.4, -0.2) is 46.2 Å². The van der Waals surface area contributed by atoms with Crippen LogP contribution >= 0.6 is 0 Å². The second-order valence-electron chi connectivity index (χ2n) is 6.19. The molecule has 128 valence electrons. The number of aliphatic hydroxyl groups is 1. The van der Waals surface area contributed by atoms with Crippen LogP contribution in [0.5, 0.6) is 0 Å². The zero-order valence-electron chi connectivity index (χ0n) is 14.1. The maximum atomic E-state index is 8.91. The summed E-state index contributed by atoms with van der Waals surface area (Å²) in [6.45, 7) is 5.11. The summed E-state index contributed by atoms with van der Waals surface area (Å²) in [5.74, 6) is 0.850. The van der Waals surface area contributed by atoms with Gasteiger partial charge in [0.1, 0.15) is 5.82 Å². The van der Waals surface area contributed by atoms with Gasteiger partial charge < -0.3 is 16.2 Å². The van der Waals surface area contributed by atoms with E-state index in [0.29, 0.717) is 18.4 Å². The number of hydrogen-bond donors (Lipinski definition) is 3. The van der Waals surface area contributed by atoms with Crippen molar-refractivity contribution in [2.24, 2.45) is 0 Å². The van der Waals surface area contributed by atoms with Gasteiger partial charge in [-0.1, -0.05) is 24.3 Å². The van der Waals surface area contributed by atoms with E-state index in [-0.39, 0.29) is 12.6 Å². The van der Waals surface area contributed by atoms with Crippen LogP contribution in [0.25, 0.3) is 11.3 Å². The number of aliphatic hydroxyl groups excluding tert-OH is 1. The Labute approximate surface area is 142 Å². The molecule has 1 aliphatic rings. The molecule has 1 aromatic heterocycles. The van der Waals surface area contributed by atoms with Crippen molar-refractivity contribution in [1.82, 2.24) is 14.9 Å². The SMILES string of the molecule is C[C@H](c1ccc(-c2cc(NCCO)nc(N)n2)cc1)N1CCCC1. The summed E-state index contributed by atoms with van der Waals surface area (Å²) < 4.78 is 0. The van der Waals surface area contributed by atoms with E-state index in [9.17, 15) is 0 Å². The van der Waals surface area contributed by atoms with Gasteiger partial charge in [-0.25, -0.2) is 4.98 Å². The summed E-state index contributed by atoms with van der Waals surface area (Å²) >= 11 is 0. The number of benzene rings is 1. The van der Waals surface area contributed by atoms with Crippen molar-refractivity contribution in [1.29, 1.82) is 0 Å². The molecule has 2 heterocycles. The molecule has 0 radical (unpaired) electrons.